The number of rotatable bonds is 4. The van der Waals surface area contributed by atoms with Crippen molar-refractivity contribution in [2.24, 2.45) is 5.14 Å². The molecule has 2 N–H and O–H groups in total. The highest BCUT2D eigenvalue weighted by molar-refractivity contribution is 7.84. The van der Waals surface area contributed by atoms with Gasteiger partial charge in [-0.3, -0.25) is 0 Å². The summed E-state index contributed by atoms with van der Waals surface area (Å²) in [6, 6.07) is 16.3. The largest absolute Gasteiger partial charge is 0.380 e. The molecule has 0 fully saturated rings. The first-order valence-corrected chi connectivity index (χ1v) is 7.90. The minimum atomic E-state index is -4.04. The number of imidazole rings is 1. The molecule has 0 aliphatic heterocycles. The number of nitrogens with two attached hydrogens (primary N) is 1. The van der Waals surface area contributed by atoms with E-state index in [0.717, 1.165) is 16.9 Å². The van der Waals surface area contributed by atoms with E-state index in [0.29, 0.717) is 0 Å². The van der Waals surface area contributed by atoms with E-state index < -0.39 is 10.3 Å². The third kappa shape index (κ3) is 4.32. The number of benzene rings is 2. The fourth-order valence-corrected chi connectivity index (χ4v) is 2.42. The van der Waals surface area contributed by atoms with E-state index in [9.17, 15) is 8.42 Å². The summed E-state index contributed by atoms with van der Waals surface area (Å²) in [5, 5.41) is 4.87. The van der Waals surface area contributed by atoms with E-state index in [-0.39, 0.29) is 18.2 Å². The van der Waals surface area contributed by atoms with Gasteiger partial charge in [0, 0.05) is 17.8 Å². The molecular weight excluding hydrogens is 338 g/mol. The average molecular weight is 352 g/mol. The predicted octanol–water partition coefficient (Wildman–Crippen LogP) is 2.54. The van der Waals surface area contributed by atoms with Crippen LogP contribution in [0.25, 0.3) is 16.9 Å². The van der Waals surface area contributed by atoms with Crippen molar-refractivity contribution in [1.82, 2.24) is 9.55 Å². The zero-order valence-electron chi connectivity index (χ0n) is 11.9. The number of nitrogens with zero attached hydrogens (tertiary/aromatic N) is 2. The molecule has 0 spiro atoms. The molecule has 8 heteroatoms. The van der Waals surface area contributed by atoms with Gasteiger partial charge in [0.15, 0.2) is 0 Å². The first-order valence-electron chi connectivity index (χ1n) is 6.43. The van der Waals surface area contributed by atoms with E-state index in [1.807, 2.05) is 42.6 Å². The number of aromatic nitrogens is 2. The van der Waals surface area contributed by atoms with Crippen LogP contribution in [0, 0.1) is 0 Å². The highest BCUT2D eigenvalue weighted by atomic mass is 35.5. The normalized spacial score (nSPS) is 10.8. The lowest BCUT2D eigenvalue weighted by Crippen LogP contribution is -2.18. The summed E-state index contributed by atoms with van der Waals surface area (Å²) in [4.78, 5) is 4.35. The topological polar surface area (TPSA) is 87.2 Å². The van der Waals surface area contributed by atoms with Gasteiger partial charge in [0.05, 0.1) is 17.7 Å². The van der Waals surface area contributed by atoms with E-state index in [4.69, 9.17) is 5.14 Å². The van der Waals surface area contributed by atoms with Crippen molar-refractivity contribution < 1.29 is 12.6 Å². The molecule has 0 amide bonds. The van der Waals surface area contributed by atoms with Crippen LogP contribution in [0.15, 0.2) is 67.1 Å². The molecule has 0 aliphatic carbocycles. The standard InChI is InChI=1S/C15H13N3O3S.ClH/c16-22(19,20)21-14-8-4-7-13(9-14)18-10-15(17-11-18)12-5-2-1-3-6-12;/h1-11H,(H2,16,19,20);1H. The van der Waals surface area contributed by atoms with Crippen LogP contribution in [0.5, 0.6) is 5.75 Å². The SMILES string of the molecule is Cl.NS(=O)(=O)Oc1cccc(-n2cnc(-c3ccccc3)c2)c1. The van der Waals surface area contributed by atoms with Crippen molar-refractivity contribution in [2.75, 3.05) is 0 Å². The lowest BCUT2D eigenvalue weighted by Gasteiger charge is -2.05. The molecule has 0 atom stereocenters. The van der Waals surface area contributed by atoms with E-state index in [2.05, 4.69) is 9.17 Å². The highest BCUT2D eigenvalue weighted by Crippen LogP contribution is 2.21. The predicted molar refractivity (Wildman–Crippen MR) is 90.0 cm³/mol. The molecule has 6 nitrogen and oxygen atoms in total. The van der Waals surface area contributed by atoms with Crippen LogP contribution in [0.1, 0.15) is 0 Å². The van der Waals surface area contributed by atoms with Crippen LogP contribution < -0.4 is 9.32 Å². The molecule has 1 heterocycles. The molecule has 23 heavy (non-hydrogen) atoms. The Morgan fingerprint density at radius 3 is 2.48 bits per heavy atom. The molecule has 120 valence electrons. The second-order valence-electron chi connectivity index (χ2n) is 4.61. The monoisotopic (exact) mass is 351 g/mol. The first kappa shape index (κ1) is 17.0. The van der Waals surface area contributed by atoms with Gasteiger partial charge in [-0.05, 0) is 12.1 Å². The maximum absolute atomic E-state index is 11.0. The average Bonchev–Trinajstić information content (AvgIpc) is 2.96. The van der Waals surface area contributed by atoms with Crippen LogP contribution in [-0.4, -0.2) is 18.0 Å². The molecule has 3 rings (SSSR count). The lowest BCUT2D eigenvalue weighted by molar-refractivity contribution is 0.487. The van der Waals surface area contributed by atoms with Crippen molar-refractivity contribution in [3.8, 4) is 22.7 Å². The van der Waals surface area contributed by atoms with Crippen molar-refractivity contribution in [3.63, 3.8) is 0 Å². The van der Waals surface area contributed by atoms with Crippen LogP contribution in [-0.2, 0) is 10.3 Å². The van der Waals surface area contributed by atoms with Crippen LogP contribution in [0.2, 0.25) is 0 Å². The summed E-state index contributed by atoms with van der Waals surface area (Å²) in [7, 11) is -4.04. The van der Waals surface area contributed by atoms with E-state index in [1.165, 1.54) is 6.07 Å². The lowest BCUT2D eigenvalue weighted by atomic mass is 10.2. The molecule has 0 saturated heterocycles. The minimum absolute atomic E-state index is 0. The third-order valence-corrected chi connectivity index (χ3v) is 3.41. The van der Waals surface area contributed by atoms with Gasteiger partial charge in [0.2, 0.25) is 0 Å². The number of halogens is 1. The Morgan fingerprint density at radius 1 is 1.04 bits per heavy atom. The Balaban J connectivity index is 0.00000192. The molecule has 0 radical (unpaired) electrons. The molecule has 0 aliphatic rings. The molecule has 2 aromatic carbocycles. The molecule has 3 aromatic rings. The van der Waals surface area contributed by atoms with Gasteiger partial charge < -0.3 is 8.75 Å². The van der Waals surface area contributed by atoms with Crippen molar-refractivity contribution in [1.29, 1.82) is 0 Å². The van der Waals surface area contributed by atoms with Gasteiger partial charge in [-0.1, -0.05) is 36.4 Å². The minimum Gasteiger partial charge on any atom is -0.371 e. The fourth-order valence-electron chi connectivity index (χ4n) is 2.05. The highest BCUT2D eigenvalue weighted by Gasteiger charge is 2.07. The van der Waals surface area contributed by atoms with Crippen molar-refractivity contribution in [2.45, 2.75) is 0 Å². The van der Waals surface area contributed by atoms with E-state index >= 15 is 0 Å². The van der Waals surface area contributed by atoms with Gasteiger partial charge in [-0.2, -0.15) is 13.6 Å². The van der Waals surface area contributed by atoms with Crippen LogP contribution in [0.3, 0.4) is 0 Å². The Morgan fingerprint density at radius 2 is 1.78 bits per heavy atom. The fraction of sp³-hybridized carbons (Fsp3) is 0. The van der Waals surface area contributed by atoms with Gasteiger partial charge in [0.1, 0.15) is 5.75 Å². The zero-order valence-corrected chi connectivity index (χ0v) is 13.5. The number of hydrogen-bond donors (Lipinski definition) is 1. The smallest absolute Gasteiger partial charge is 0.371 e. The molecular formula is C15H14ClN3O3S. The molecule has 0 saturated carbocycles. The maximum Gasteiger partial charge on any atom is 0.380 e. The van der Waals surface area contributed by atoms with Gasteiger partial charge in [-0.25, -0.2) is 4.98 Å². The summed E-state index contributed by atoms with van der Waals surface area (Å²) in [6.45, 7) is 0. The van der Waals surface area contributed by atoms with Crippen molar-refractivity contribution in [3.05, 3.63) is 67.1 Å². The van der Waals surface area contributed by atoms with Crippen molar-refractivity contribution >= 4 is 22.7 Å². The van der Waals surface area contributed by atoms with Crippen LogP contribution >= 0.6 is 12.4 Å². The summed E-state index contributed by atoms with van der Waals surface area (Å²) in [5.74, 6) is 0.148. The zero-order chi connectivity index (χ0) is 15.6. The van der Waals surface area contributed by atoms with Gasteiger partial charge in [0.25, 0.3) is 0 Å². The van der Waals surface area contributed by atoms with Crippen LogP contribution in [0.4, 0.5) is 0 Å². The third-order valence-electron chi connectivity index (χ3n) is 2.98. The van der Waals surface area contributed by atoms with Gasteiger partial charge in [-0.15, -0.1) is 12.4 Å². The summed E-state index contributed by atoms with van der Waals surface area (Å²) >= 11 is 0. The Hall–Kier alpha value is -2.35. The van der Waals surface area contributed by atoms with E-state index in [1.54, 1.807) is 23.0 Å². The molecule has 1 aromatic heterocycles. The maximum atomic E-state index is 11.0. The Bertz CT molecular complexity index is 895. The molecule has 0 bridgehead atoms. The quantitative estimate of drug-likeness (QED) is 0.782. The second-order valence-corrected chi connectivity index (χ2v) is 5.76. The summed E-state index contributed by atoms with van der Waals surface area (Å²) < 4.78 is 28.4. The molecule has 0 unspecified atom stereocenters. The first-order chi connectivity index (χ1) is 10.5. The summed E-state index contributed by atoms with van der Waals surface area (Å²) in [5.41, 5.74) is 2.53. The van der Waals surface area contributed by atoms with Gasteiger partial charge >= 0.3 is 10.3 Å². The summed E-state index contributed by atoms with van der Waals surface area (Å²) in [6.07, 6.45) is 3.50. The second kappa shape index (κ2) is 6.82. The number of hydrogen-bond acceptors (Lipinski definition) is 4. The Kier molecular flexibility index (Phi) is 5.05. The Labute approximate surface area is 140 Å².